The Morgan fingerprint density at radius 2 is 1.71 bits per heavy atom. The van der Waals surface area contributed by atoms with E-state index in [1.165, 1.54) is 11.1 Å². The number of benzene rings is 2. The lowest BCUT2D eigenvalue weighted by atomic mass is 9.71. The topological polar surface area (TPSA) is 45.2 Å². The largest absolute Gasteiger partial charge is 0.482 e. The van der Waals surface area contributed by atoms with Crippen molar-refractivity contribution in [3.8, 4) is 5.75 Å². The van der Waals surface area contributed by atoms with E-state index in [1.807, 2.05) is 12.1 Å². The Kier molecular flexibility index (Phi) is 6.02. The highest BCUT2D eigenvalue weighted by Gasteiger charge is 2.55. The molecule has 1 aliphatic carbocycles. The minimum atomic E-state index is -0.497. The van der Waals surface area contributed by atoms with Crippen molar-refractivity contribution in [3.05, 3.63) is 65.7 Å². The number of ether oxygens (including phenoxy) is 2. The van der Waals surface area contributed by atoms with Crippen LogP contribution in [0.15, 0.2) is 54.6 Å². The minimum absolute atomic E-state index is 0.101. The number of piperazine rings is 1. The summed E-state index contributed by atoms with van der Waals surface area (Å²) in [5.41, 5.74) is 2.02. The van der Waals surface area contributed by atoms with Gasteiger partial charge in [-0.15, -0.1) is 0 Å². The van der Waals surface area contributed by atoms with Crippen LogP contribution in [0.3, 0.4) is 0 Å². The maximum absolute atomic E-state index is 11.1. The number of methoxy groups -OCH3 is 1. The molecule has 2 heterocycles. The molecule has 3 aliphatic rings. The number of hydrogen-bond acceptors (Lipinski definition) is 5. The van der Waals surface area contributed by atoms with Crippen LogP contribution in [0, 0.1) is 0 Å². The van der Waals surface area contributed by atoms with Gasteiger partial charge >= 0.3 is 0 Å². The van der Waals surface area contributed by atoms with E-state index in [0.717, 1.165) is 64.3 Å². The molecule has 5 heteroatoms. The Morgan fingerprint density at radius 1 is 1.00 bits per heavy atom. The van der Waals surface area contributed by atoms with Gasteiger partial charge in [-0.25, -0.2) is 0 Å². The van der Waals surface area contributed by atoms with Gasteiger partial charge in [-0.2, -0.15) is 0 Å². The van der Waals surface area contributed by atoms with E-state index >= 15 is 0 Å². The molecule has 5 rings (SSSR count). The van der Waals surface area contributed by atoms with Crippen molar-refractivity contribution in [1.29, 1.82) is 0 Å². The maximum Gasteiger partial charge on any atom is 0.154 e. The van der Waals surface area contributed by atoms with Gasteiger partial charge in [0.1, 0.15) is 5.75 Å². The van der Waals surface area contributed by atoms with Gasteiger partial charge in [-0.05, 0) is 30.9 Å². The SMILES string of the molecule is COC(CN1CCN(CC23Oc4ccccc4C2CCCC3O)CC1)c1ccccc1. The minimum Gasteiger partial charge on any atom is -0.482 e. The molecule has 5 nitrogen and oxygen atoms in total. The third-order valence-electron chi connectivity index (χ3n) is 7.53. The van der Waals surface area contributed by atoms with Crippen molar-refractivity contribution in [2.24, 2.45) is 0 Å². The monoisotopic (exact) mass is 422 g/mol. The Balaban J connectivity index is 1.23. The van der Waals surface area contributed by atoms with Crippen LogP contribution in [-0.4, -0.2) is 73.0 Å². The van der Waals surface area contributed by atoms with Crippen molar-refractivity contribution in [3.63, 3.8) is 0 Å². The highest BCUT2D eigenvalue weighted by atomic mass is 16.5. The summed E-state index contributed by atoms with van der Waals surface area (Å²) < 4.78 is 12.3. The Labute approximate surface area is 185 Å². The molecule has 2 aliphatic heterocycles. The summed E-state index contributed by atoms with van der Waals surface area (Å²) in [5.74, 6) is 1.26. The standard InChI is InChI=1S/C26H34N2O3/c1-30-24(20-8-3-2-4-9-20)18-27-14-16-28(17-15-27)19-26-22(11-7-13-25(26)29)21-10-5-6-12-23(21)31-26/h2-6,8-10,12,22,24-25,29H,7,11,13-19H2,1H3. The normalized spacial score (nSPS) is 29.7. The van der Waals surface area contributed by atoms with E-state index in [4.69, 9.17) is 9.47 Å². The first-order valence-corrected chi connectivity index (χ1v) is 11.7. The van der Waals surface area contributed by atoms with Crippen molar-refractivity contribution >= 4 is 0 Å². The number of rotatable bonds is 6. The molecular formula is C26H34N2O3. The fourth-order valence-electron chi connectivity index (χ4n) is 5.81. The van der Waals surface area contributed by atoms with Crippen LogP contribution in [0.5, 0.6) is 5.75 Å². The van der Waals surface area contributed by atoms with E-state index in [2.05, 4.69) is 52.3 Å². The lowest BCUT2D eigenvalue weighted by Gasteiger charge is -2.46. The first-order valence-electron chi connectivity index (χ1n) is 11.7. The second-order valence-electron chi connectivity index (χ2n) is 9.31. The molecule has 0 spiro atoms. The number of hydrogen-bond donors (Lipinski definition) is 1. The molecule has 1 saturated heterocycles. The van der Waals surface area contributed by atoms with E-state index in [1.54, 1.807) is 7.11 Å². The zero-order chi connectivity index (χ0) is 21.3. The molecule has 0 bridgehead atoms. The molecule has 1 saturated carbocycles. The van der Waals surface area contributed by atoms with E-state index in [0.29, 0.717) is 5.92 Å². The van der Waals surface area contributed by atoms with Crippen LogP contribution in [0.1, 0.15) is 42.4 Å². The van der Waals surface area contributed by atoms with Crippen molar-refractivity contribution in [2.45, 2.75) is 43.0 Å². The predicted octanol–water partition coefficient (Wildman–Crippen LogP) is 3.45. The third-order valence-corrected chi connectivity index (χ3v) is 7.53. The molecule has 4 unspecified atom stereocenters. The van der Waals surface area contributed by atoms with Gasteiger partial charge in [0.2, 0.25) is 0 Å². The number of aliphatic hydroxyl groups excluding tert-OH is 1. The Bertz CT molecular complexity index is 868. The summed E-state index contributed by atoms with van der Waals surface area (Å²) in [7, 11) is 1.80. The number of fused-ring (bicyclic) bond motifs is 3. The molecule has 31 heavy (non-hydrogen) atoms. The van der Waals surface area contributed by atoms with Crippen LogP contribution in [0.25, 0.3) is 0 Å². The zero-order valence-electron chi connectivity index (χ0n) is 18.5. The van der Waals surface area contributed by atoms with Gasteiger partial charge < -0.3 is 14.6 Å². The van der Waals surface area contributed by atoms with Crippen LogP contribution >= 0.6 is 0 Å². The average molecular weight is 423 g/mol. The molecule has 2 aromatic rings. The fourth-order valence-corrected chi connectivity index (χ4v) is 5.81. The van der Waals surface area contributed by atoms with Gasteiger partial charge in [0.25, 0.3) is 0 Å². The lowest BCUT2D eigenvalue weighted by molar-refractivity contribution is -0.0996. The fraction of sp³-hybridized carbons (Fsp3) is 0.538. The summed E-state index contributed by atoms with van der Waals surface area (Å²) >= 11 is 0. The van der Waals surface area contributed by atoms with Crippen LogP contribution in [0.2, 0.25) is 0 Å². The highest BCUT2D eigenvalue weighted by Crippen LogP contribution is 2.52. The number of aliphatic hydroxyl groups is 1. The molecule has 2 aromatic carbocycles. The Morgan fingerprint density at radius 3 is 2.48 bits per heavy atom. The first-order chi connectivity index (χ1) is 15.2. The van der Waals surface area contributed by atoms with Gasteiger partial charge in [0.05, 0.1) is 12.2 Å². The van der Waals surface area contributed by atoms with Crippen LogP contribution in [-0.2, 0) is 4.74 Å². The van der Waals surface area contributed by atoms with Gasteiger partial charge in [-0.3, -0.25) is 9.80 Å². The molecule has 0 aromatic heterocycles. The van der Waals surface area contributed by atoms with Gasteiger partial charge in [0, 0.05) is 57.9 Å². The van der Waals surface area contributed by atoms with Crippen molar-refractivity contribution < 1.29 is 14.6 Å². The maximum atomic E-state index is 11.1. The summed E-state index contributed by atoms with van der Waals surface area (Å²) in [5, 5.41) is 11.1. The van der Waals surface area contributed by atoms with Crippen molar-refractivity contribution in [1.82, 2.24) is 9.80 Å². The lowest BCUT2D eigenvalue weighted by Crippen LogP contribution is -2.61. The summed E-state index contributed by atoms with van der Waals surface area (Å²) in [4.78, 5) is 4.99. The zero-order valence-corrected chi connectivity index (χ0v) is 18.5. The quantitative estimate of drug-likeness (QED) is 0.773. The summed E-state index contributed by atoms with van der Waals surface area (Å²) in [6, 6.07) is 18.9. The second kappa shape index (κ2) is 8.91. The van der Waals surface area contributed by atoms with E-state index < -0.39 is 11.7 Å². The molecular weight excluding hydrogens is 388 g/mol. The first kappa shape index (κ1) is 21.0. The van der Waals surface area contributed by atoms with E-state index in [9.17, 15) is 5.11 Å². The van der Waals surface area contributed by atoms with Crippen LogP contribution in [0.4, 0.5) is 0 Å². The van der Waals surface area contributed by atoms with Gasteiger partial charge in [0.15, 0.2) is 5.60 Å². The second-order valence-corrected chi connectivity index (χ2v) is 9.31. The van der Waals surface area contributed by atoms with Crippen molar-refractivity contribution in [2.75, 3.05) is 46.4 Å². The summed E-state index contributed by atoms with van der Waals surface area (Å²) in [6.07, 6.45) is 2.69. The highest BCUT2D eigenvalue weighted by molar-refractivity contribution is 5.44. The molecule has 1 N–H and O–H groups in total. The molecule has 4 atom stereocenters. The summed E-state index contributed by atoms with van der Waals surface area (Å²) in [6.45, 7) is 5.71. The molecule has 2 fully saturated rings. The Hall–Kier alpha value is -1.92. The van der Waals surface area contributed by atoms with Crippen LogP contribution < -0.4 is 4.74 Å². The smallest absolute Gasteiger partial charge is 0.154 e. The van der Waals surface area contributed by atoms with Gasteiger partial charge in [-0.1, -0.05) is 48.5 Å². The number of nitrogens with zero attached hydrogens (tertiary/aromatic N) is 2. The molecule has 0 radical (unpaired) electrons. The molecule has 166 valence electrons. The number of para-hydroxylation sites is 1. The predicted molar refractivity (Wildman–Crippen MR) is 121 cm³/mol. The average Bonchev–Trinajstić information content (AvgIpc) is 3.14. The third kappa shape index (κ3) is 4.00. The van der Waals surface area contributed by atoms with E-state index in [-0.39, 0.29) is 6.10 Å². The molecule has 0 amide bonds.